The maximum absolute atomic E-state index is 10.5. The molecule has 0 bridgehead atoms. The number of likely N-dealkylation sites (N-methyl/N-ethyl adjacent to an activating group) is 1. The summed E-state index contributed by atoms with van der Waals surface area (Å²) in [4.78, 5) is 10.5. The van der Waals surface area contributed by atoms with Crippen LogP contribution < -0.4 is 10.6 Å². The van der Waals surface area contributed by atoms with Gasteiger partial charge in [0, 0.05) is 7.05 Å². The average Bonchev–Trinajstić information content (AvgIpc) is 2.02. The summed E-state index contributed by atoms with van der Waals surface area (Å²) in [6.45, 7) is 1.73. The number of hydrogen-bond acceptors (Lipinski definition) is 4. The van der Waals surface area contributed by atoms with E-state index in [2.05, 4.69) is 15.4 Å². The molecule has 0 heterocycles. The molecule has 5 nitrogen and oxygen atoms in total. The smallest absolute Gasteiger partial charge is 0.394 e. The van der Waals surface area contributed by atoms with Crippen molar-refractivity contribution in [3.05, 3.63) is 0 Å². The van der Waals surface area contributed by atoms with E-state index in [0.29, 0.717) is 0 Å². The highest BCUT2D eigenvalue weighted by molar-refractivity contribution is 5.89. The molecular weight excluding hydrogens is 146 g/mol. The molecule has 1 amide bonds. The number of nitrogens with one attached hydrogen (secondary N) is 3. The SMILES string of the molecule is CNC(=O)OC(=N)[C@@H](C)NC. The highest BCUT2D eigenvalue weighted by Crippen LogP contribution is 1.87. The molecule has 0 aromatic rings. The van der Waals surface area contributed by atoms with Crippen LogP contribution in [0.4, 0.5) is 4.79 Å². The molecule has 3 N–H and O–H groups in total. The highest BCUT2D eigenvalue weighted by Gasteiger charge is 2.10. The first kappa shape index (κ1) is 9.90. The number of carbonyl (C=O) groups excluding carboxylic acids is 1. The van der Waals surface area contributed by atoms with Gasteiger partial charge in [-0.05, 0) is 14.0 Å². The van der Waals surface area contributed by atoms with Gasteiger partial charge in [-0.1, -0.05) is 0 Å². The molecule has 5 heteroatoms. The minimum absolute atomic E-state index is 0.0909. The average molecular weight is 159 g/mol. The number of ether oxygens (including phenoxy) is 1. The molecule has 0 radical (unpaired) electrons. The zero-order chi connectivity index (χ0) is 8.85. The Bertz CT molecular complexity index is 158. The van der Waals surface area contributed by atoms with E-state index in [9.17, 15) is 4.79 Å². The summed E-state index contributed by atoms with van der Waals surface area (Å²) >= 11 is 0. The zero-order valence-corrected chi connectivity index (χ0v) is 6.89. The molecule has 0 aromatic heterocycles. The molecule has 0 rings (SSSR count). The van der Waals surface area contributed by atoms with E-state index in [1.54, 1.807) is 14.0 Å². The van der Waals surface area contributed by atoms with E-state index in [4.69, 9.17) is 5.41 Å². The number of carbonyl (C=O) groups is 1. The van der Waals surface area contributed by atoms with Gasteiger partial charge in [-0.2, -0.15) is 0 Å². The van der Waals surface area contributed by atoms with Crippen molar-refractivity contribution in [1.29, 1.82) is 5.41 Å². The molecule has 0 unspecified atom stereocenters. The van der Waals surface area contributed by atoms with Crippen LogP contribution >= 0.6 is 0 Å². The van der Waals surface area contributed by atoms with Crippen LogP contribution in [0.3, 0.4) is 0 Å². The van der Waals surface area contributed by atoms with E-state index < -0.39 is 6.09 Å². The van der Waals surface area contributed by atoms with Gasteiger partial charge < -0.3 is 15.4 Å². The lowest BCUT2D eigenvalue weighted by atomic mass is 10.3. The van der Waals surface area contributed by atoms with Crippen LogP contribution in [-0.2, 0) is 4.74 Å². The van der Waals surface area contributed by atoms with Gasteiger partial charge in [0.15, 0.2) is 0 Å². The summed E-state index contributed by atoms with van der Waals surface area (Å²) < 4.78 is 4.52. The summed E-state index contributed by atoms with van der Waals surface area (Å²) in [5, 5.41) is 12.2. The third kappa shape index (κ3) is 3.57. The number of amides is 1. The number of alkyl carbamates (subject to hydrolysis) is 1. The molecule has 0 aliphatic carbocycles. The summed E-state index contributed by atoms with van der Waals surface area (Å²) in [6.07, 6.45) is -0.614. The third-order valence-corrected chi connectivity index (χ3v) is 1.23. The quantitative estimate of drug-likeness (QED) is 0.390. The molecule has 0 aliphatic heterocycles. The van der Waals surface area contributed by atoms with Crippen LogP contribution in [0, 0.1) is 5.41 Å². The van der Waals surface area contributed by atoms with E-state index in [0.717, 1.165) is 0 Å². The first-order valence-corrected chi connectivity index (χ1v) is 3.27. The van der Waals surface area contributed by atoms with Gasteiger partial charge in [-0.25, -0.2) is 4.79 Å². The minimum atomic E-state index is -0.614. The molecule has 0 saturated heterocycles. The van der Waals surface area contributed by atoms with Gasteiger partial charge in [-0.15, -0.1) is 0 Å². The Morgan fingerprint density at radius 1 is 1.55 bits per heavy atom. The normalized spacial score (nSPS) is 11.9. The zero-order valence-electron chi connectivity index (χ0n) is 6.89. The molecule has 1 atom stereocenters. The van der Waals surface area contributed by atoms with Gasteiger partial charge in [0.25, 0.3) is 0 Å². The number of hydrogen-bond donors (Lipinski definition) is 3. The van der Waals surface area contributed by atoms with Crippen molar-refractivity contribution in [3.8, 4) is 0 Å². The molecule has 11 heavy (non-hydrogen) atoms. The Morgan fingerprint density at radius 2 is 2.09 bits per heavy atom. The summed E-state index contributed by atoms with van der Waals surface area (Å²) in [5.41, 5.74) is 0. The fourth-order valence-electron chi connectivity index (χ4n) is 0.370. The topological polar surface area (TPSA) is 74.2 Å². The lowest BCUT2D eigenvalue weighted by Crippen LogP contribution is -2.35. The van der Waals surface area contributed by atoms with Crippen LogP contribution in [0.15, 0.2) is 0 Å². The lowest BCUT2D eigenvalue weighted by molar-refractivity contribution is 0.197. The van der Waals surface area contributed by atoms with Crippen LogP contribution in [0.5, 0.6) is 0 Å². The van der Waals surface area contributed by atoms with E-state index in [-0.39, 0.29) is 11.9 Å². The van der Waals surface area contributed by atoms with Crippen molar-refractivity contribution < 1.29 is 9.53 Å². The Morgan fingerprint density at radius 3 is 2.45 bits per heavy atom. The van der Waals surface area contributed by atoms with Crippen molar-refractivity contribution in [2.24, 2.45) is 0 Å². The third-order valence-electron chi connectivity index (χ3n) is 1.23. The Kier molecular flexibility index (Phi) is 4.21. The van der Waals surface area contributed by atoms with Crippen molar-refractivity contribution in [2.75, 3.05) is 14.1 Å². The van der Waals surface area contributed by atoms with Gasteiger partial charge in [0.2, 0.25) is 5.90 Å². The van der Waals surface area contributed by atoms with Crippen LogP contribution in [0.25, 0.3) is 0 Å². The maximum Gasteiger partial charge on any atom is 0.413 e. The van der Waals surface area contributed by atoms with Crippen molar-refractivity contribution in [2.45, 2.75) is 13.0 Å². The molecule has 0 saturated carbocycles. The molecule has 0 aromatic carbocycles. The first-order chi connectivity index (χ1) is 5.11. The second kappa shape index (κ2) is 4.68. The summed E-state index contributed by atoms with van der Waals surface area (Å²) in [5.74, 6) is -0.0909. The van der Waals surface area contributed by atoms with Gasteiger partial charge in [0.05, 0.1) is 6.04 Å². The van der Waals surface area contributed by atoms with Crippen molar-refractivity contribution in [3.63, 3.8) is 0 Å². The van der Waals surface area contributed by atoms with Crippen LogP contribution in [-0.4, -0.2) is 32.1 Å². The minimum Gasteiger partial charge on any atom is -0.394 e. The predicted molar refractivity (Wildman–Crippen MR) is 41.8 cm³/mol. The Labute approximate surface area is 65.6 Å². The second-order valence-electron chi connectivity index (χ2n) is 2.01. The van der Waals surface area contributed by atoms with Crippen molar-refractivity contribution >= 4 is 12.0 Å². The van der Waals surface area contributed by atoms with Gasteiger partial charge in [-0.3, -0.25) is 5.41 Å². The molecule has 0 spiro atoms. The van der Waals surface area contributed by atoms with E-state index in [1.165, 1.54) is 7.05 Å². The molecule has 64 valence electrons. The van der Waals surface area contributed by atoms with Gasteiger partial charge >= 0.3 is 6.09 Å². The lowest BCUT2D eigenvalue weighted by Gasteiger charge is -2.10. The summed E-state index contributed by atoms with van der Waals surface area (Å²) in [7, 11) is 3.13. The van der Waals surface area contributed by atoms with Crippen LogP contribution in [0.2, 0.25) is 0 Å². The Balaban J connectivity index is 3.77. The van der Waals surface area contributed by atoms with E-state index >= 15 is 0 Å². The fraction of sp³-hybridized carbons (Fsp3) is 0.667. The van der Waals surface area contributed by atoms with Crippen molar-refractivity contribution in [1.82, 2.24) is 10.6 Å². The Hall–Kier alpha value is -1.10. The molecule has 0 fully saturated rings. The molecule has 0 aliphatic rings. The van der Waals surface area contributed by atoms with Gasteiger partial charge in [0.1, 0.15) is 0 Å². The predicted octanol–water partition coefficient (Wildman–Crippen LogP) is -0.0724. The van der Waals surface area contributed by atoms with E-state index in [1.807, 2.05) is 0 Å². The van der Waals surface area contributed by atoms with Crippen LogP contribution in [0.1, 0.15) is 6.92 Å². The largest absolute Gasteiger partial charge is 0.413 e. The standard InChI is InChI=1S/C6H13N3O2/c1-4(8-2)5(7)11-6(10)9-3/h4,7-8H,1-3H3,(H,9,10)/t4-/m1/s1. The monoisotopic (exact) mass is 159 g/mol. The first-order valence-electron chi connectivity index (χ1n) is 3.27. The number of rotatable bonds is 2. The second-order valence-corrected chi connectivity index (χ2v) is 2.01. The molecular formula is C6H13N3O2. The fourth-order valence-corrected chi connectivity index (χ4v) is 0.370. The maximum atomic E-state index is 10.5. The highest BCUT2D eigenvalue weighted by atomic mass is 16.6. The summed E-state index contributed by atoms with van der Waals surface area (Å²) in [6, 6.07) is -0.243.